The quantitative estimate of drug-likeness (QED) is 0.867. The highest BCUT2D eigenvalue weighted by atomic mass is 35.5. The van der Waals surface area contributed by atoms with E-state index in [4.69, 9.17) is 11.6 Å². The average Bonchev–Trinajstić information content (AvgIpc) is 3.04. The molecule has 4 nitrogen and oxygen atoms in total. The van der Waals surface area contributed by atoms with Gasteiger partial charge in [0, 0.05) is 30.2 Å². The Labute approximate surface area is 159 Å². The van der Waals surface area contributed by atoms with Crippen LogP contribution >= 0.6 is 11.6 Å². The molecule has 0 bridgehead atoms. The molecule has 1 saturated heterocycles. The summed E-state index contributed by atoms with van der Waals surface area (Å²) in [5.74, 6) is -0.206. The Balaban J connectivity index is 1.61. The minimum absolute atomic E-state index is 0.0355. The highest BCUT2D eigenvalue weighted by Gasteiger charge is 2.35. The number of carbonyl (C=O) groups excluding carboxylic acids is 2. The third-order valence-corrected chi connectivity index (χ3v) is 5.39. The van der Waals surface area contributed by atoms with Crippen molar-refractivity contribution in [3.8, 4) is 0 Å². The van der Waals surface area contributed by atoms with Crippen LogP contribution in [-0.4, -0.2) is 24.9 Å². The standard InChI is InChI=1S/C21H23ClN2O2/c1-14(16-7-4-3-5-8-16)12-23-21(26)17-11-20(25)24(13-17)19-10-6-9-18(22)15(19)2/h3-10,14,17H,11-13H2,1-2H3,(H,23,26)/t14-,17+/m0/s1. The molecule has 2 aromatic carbocycles. The summed E-state index contributed by atoms with van der Waals surface area (Å²) in [5, 5.41) is 3.62. The van der Waals surface area contributed by atoms with Gasteiger partial charge in [0.1, 0.15) is 0 Å². The van der Waals surface area contributed by atoms with Crippen molar-refractivity contribution in [2.24, 2.45) is 5.92 Å². The van der Waals surface area contributed by atoms with Crippen molar-refractivity contribution in [1.29, 1.82) is 0 Å². The molecule has 0 aliphatic carbocycles. The molecule has 1 N–H and O–H groups in total. The van der Waals surface area contributed by atoms with Crippen LogP contribution in [0.15, 0.2) is 48.5 Å². The summed E-state index contributed by atoms with van der Waals surface area (Å²) >= 11 is 6.16. The summed E-state index contributed by atoms with van der Waals surface area (Å²) < 4.78 is 0. The van der Waals surface area contributed by atoms with E-state index in [0.29, 0.717) is 18.1 Å². The molecule has 0 unspecified atom stereocenters. The lowest BCUT2D eigenvalue weighted by Gasteiger charge is -2.20. The molecule has 1 aliphatic rings. The van der Waals surface area contributed by atoms with E-state index in [1.807, 2.05) is 37.3 Å². The number of nitrogens with one attached hydrogen (secondary N) is 1. The van der Waals surface area contributed by atoms with E-state index in [9.17, 15) is 9.59 Å². The minimum atomic E-state index is -0.330. The van der Waals surface area contributed by atoms with Gasteiger partial charge in [-0.2, -0.15) is 0 Å². The Hall–Kier alpha value is -2.33. The van der Waals surface area contributed by atoms with Crippen LogP contribution in [0.3, 0.4) is 0 Å². The van der Waals surface area contributed by atoms with Crippen LogP contribution in [0.1, 0.15) is 30.4 Å². The number of carbonyl (C=O) groups is 2. The van der Waals surface area contributed by atoms with Crippen LogP contribution in [-0.2, 0) is 9.59 Å². The number of halogens is 1. The summed E-state index contributed by atoms with van der Waals surface area (Å²) in [6, 6.07) is 15.6. The number of anilines is 1. The van der Waals surface area contributed by atoms with Crippen LogP contribution in [0.5, 0.6) is 0 Å². The minimum Gasteiger partial charge on any atom is -0.355 e. The van der Waals surface area contributed by atoms with Gasteiger partial charge in [-0.05, 0) is 36.1 Å². The van der Waals surface area contributed by atoms with E-state index in [1.54, 1.807) is 11.0 Å². The first kappa shape index (κ1) is 18.5. The number of benzene rings is 2. The first-order chi connectivity index (χ1) is 12.5. The van der Waals surface area contributed by atoms with Crippen molar-refractivity contribution < 1.29 is 9.59 Å². The Morgan fingerprint density at radius 3 is 2.69 bits per heavy atom. The highest BCUT2D eigenvalue weighted by molar-refractivity contribution is 6.31. The summed E-state index contributed by atoms with van der Waals surface area (Å²) in [6.07, 6.45) is 0.234. The summed E-state index contributed by atoms with van der Waals surface area (Å²) in [4.78, 5) is 26.6. The second-order valence-corrected chi connectivity index (χ2v) is 7.25. The Morgan fingerprint density at radius 2 is 1.96 bits per heavy atom. The largest absolute Gasteiger partial charge is 0.355 e. The predicted molar refractivity (Wildman–Crippen MR) is 105 cm³/mol. The summed E-state index contributed by atoms with van der Waals surface area (Å²) in [5.41, 5.74) is 2.84. The number of hydrogen-bond acceptors (Lipinski definition) is 2. The number of nitrogens with zero attached hydrogens (tertiary/aromatic N) is 1. The summed E-state index contributed by atoms with van der Waals surface area (Å²) in [7, 11) is 0. The fourth-order valence-corrected chi connectivity index (χ4v) is 3.47. The maximum absolute atomic E-state index is 12.5. The lowest BCUT2D eigenvalue weighted by molar-refractivity contribution is -0.126. The predicted octanol–water partition coefficient (Wildman–Crippen LogP) is 3.92. The van der Waals surface area contributed by atoms with Gasteiger partial charge in [-0.25, -0.2) is 0 Å². The molecule has 1 aliphatic heterocycles. The van der Waals surface area contributed by atoms with Gasteiger partial charge >= 0.3 is 0 Å². The van der Waals surface area contributed by atoms with Crippen molar-refractivity contribution >= 4 is 29.1 Å². The monoisotopic (exact) mass is 370 g/mol. The molecular formula is C21H23ClN2O2. The zero-order valence-corrected chi connectivity index (χ0v) is 15.8. The van der Waals surface area contributed by atoms with Crippen molar-refractivity contribution in [3.05, 3.63) is 64.7 Å². The van der Waals surface area contributed by atoms with Crippen LogP contribution < -0.4 is 10.2 Å². The highest BCUT2D eigenvalue weighted by Crippen LogP contribution is 2.31. The van der Waals surface area contributed by atoms with Crippen molar-refractivity contribution in [2.45, 2.75) is 26.2 Å². The second-order valence-electron chi connectivity index (χ2n) is 6.85. The number of rotatable bonds is 5. The molecule has 0 aromatic heterocycles. The van der Waals surface area contributed by atoms with E-state index in [2.05, 4.69) is 24.4 Å². The maximum Gasteiger partial charge on any atom is 0.227 e. The lowest BCUT2D eigenvalue weighted by Crippen LogP contribution is -2.35. The maximum atomic E-state index is 12.5. The Bertz CT molecular complexity index is 807. The molecule has 0 saturated carbocycles. The zero-order chi connectivity index (χ0) is 18.7. The van der Waals surface area contributed by atoms with E-state index in [1.165, 1.54) is 5.56 Å². The van der Waals surface area contributed by atoms with Gasteiger partial charge in [-0.15, -0.1) is 0 Å². The van der Waals surface area contributed by atoms with Crippen molar-refractivity contribution in [1.82, 2.24) is 5.32 Å². The topological polar surface area (TPSA) is 49.4 Å². The number of amides is 2. The molecule has 1 heterocycles. The van der Waals surface area contributed by atoms with Crippen molar-refractivity contribution in [3.63, 3.8) is 0 Å². The molecule has 2 amide bonds. The first-order valence-electron chi connectivity index (χ1n) is 8.85. The van der Waals surface area contributed by atoms with Crippen LogP contribution in [0.2, 0.25) is 5.02 Å². The second kappa shape index (κ2) is 7.92. The normalized spacial score (nSPS) is 18.0. The van der Waals surface area contributed by atoms with Gasteiger partial charge in [0.15, 0.2) is 0 Å². The van der Waals surface area contributed by atoms with Crippen molar-refractivity contribution in [2.75, 3.05) is 18.0 Å². The molecular weight excluding hydrogens is 348 g/mol. The number of hydrogen-bond donors (Lipinski definition) is 1. The van der Waals surface area contributed by atoms with E-state index < -0.39 is 0 Å². The molecule has 0 radical (unpaired) electrons. The summed E-state index contributed by atoms with van der Waals surface area (Å²) in [6.45, 7) is 4.92. The van der Waals surface area contributed by atoms with Gasteiger partial charge in [0.2, 0.25) is 11.8 Å². The molecule has 5 heteroatoms. The van der Waals surface area contributed by atoms with E-state index in [-0.39, 0.29) is 30.1 Å². The van der Waals surface area contributed by atoms with Gasteiger partial charge in [0.05, 0.1) is 5.92 Å². The molecule has 1 fully saturated rings. The Kier molecular flexibility index (Phi) is 5.62. The van der Waals surface area contributed by atoms with E-state index in [0.717, 1.165) is 11.3 Å². The molecule has 2 aromatic rings. The van der Waals surface area contributed by atoms with E-state index >= 15 is 0 Å². The van der Waals surface area contributed by atoms with Gasteiger partial charge < -0.3 is 10.2 Å². The van der Waals surface area contributed by atoms with Crippen LogP contribution in [0.25, 0.3) is 0 Å². The van der Waals surface area contributed by atoms with Gasteiger partial charge in [-0.3, -0.25) is 9.59 Å². The average molecular weight is 371 g/mol. The molecule has 2 atom stereocenters. The Morgan fingerprint density at radius 1 is 1.23 bits per heavy atom. The molecule has 3 rings (SSSR count). The molecule has 0 spiro atoms. The zero-order valence-electron chi connectivity index (χ0n) is 15.0. The van der Waals surface area contributed by atoms with Crippen LogP contribution in [0.4, 0.5) is 5.69 Å². The SMILES string of the molecule is Cc1c(Cl)cccc1N1C[C@H](C(=O)NC[C@H](C)c2ccccc2)CC1=O. The van der Waals surface area contributed by atoms with Gasteiger partial charge in [0.25, 0.3) is 0 Å². The fourth-order valence-electron chi connectivity index (χ4n) is 3.30. The molecule has 26 heavy (non-hydrogen) atoms. The lowest BCUT2D eigenvalue weighted by atomic mass is 10.0. The molecule has 136 valence electrons. The fraction of sp³-hybridized carbons (Fsp3) is 0.333. The van der Waals surface area contributed by atoms with Gasteiger partial charge in [-0.1, -0.05) is 54.9 Å². The smallest absolute Gasteiger partial charge is 0.227 e. The first-order valence-corrected chi connectivity index (χ1v) is 9.23. The van der Waals surface area contributed by atoms with Crippen LogP contribution in [0, 0.1) is 12.8 Å². The third kappa shape index (κ3) is 3.91. The third-order valence-electron chi connectivity index (χ3n) is 4.98.